The minimum atomic E-state index is -2.31. The summed E-state index contributed by atoms with van der Waals surface area (Å²) in [6, 6.07) is 1.89. The van der Waals surface area contributed by atoms with Gasteiger partial charge in [0.15, 0.2) is 0 Å². The third-order valence-corrected chi connectivity index (χ3v) is 2.05. The van der Waals surface area contributed by atoms with E-state index in [1.165, 1.54) is 0 Å². The highest BCUT2D eigenvalue weighted by Gasteiger charge is 2.10. The third-order valence-electron chi connectivity index (χ3n) is 2.05. The molecule has 0 bridgehead atoms. The average molecular weight is 219 g/mol. The Labute approximate surface area is 90.1 Å². The predicted octanol–water partition coefficient (Wildman–Crippen LogP) is 1.47. The monoisotopic (exact) mass is 219 g/mol. The first kappa shape index (κ1) is 14.3. The Morgan fingerprint density at radius 2 is 2.13 bits per heavy atom. The Morgan fingerprint density at radius 1 is 1.47 bits per heavy atom. The number of hydrogen-bond donors (Lipinski definition) is 1. The highest BCUT2D eigenvalue weighted by atomic mass is 19.3. The van der Waals surface area contributed by atoms with Crippen LogP contribution in [-0.4, -0.2) is 44.0 Å². The number of rotatable bonds is 8. The lowest BCUT2D eigenvalue weighted by Crippen LogP contribution is -2.34. The van der Waals surface area contributed by atoms with Crippen LogP contribution in [0.2, 0.25) is 0 Å². The molecule has 1 unspecified atom stereocenters. The second-order valence-electron chi connectivity index (χ2n) is 3.58. The Bertz CT molecular complexity index is 192. The molecule has 88 valence electrons. The highest BCUT2D eigenvalue weighted by Crippen LogP contribution is 1.99. The van der Waals surface area contributed by atoms with Gasteiger partial charge < -0.3 is 10.2 Å². The molecule has 15 heavy (non-hydrogen) atoms. The molecule has 0 saturated heterocycles. The van der Waals surface area contributed by atoms with E-state index in [0.717, 1.165) is 13.0 Å². The van der Waals surface area contributed by atoms with Gasteiger partial charge >= 0.3 is 0 Å². The van der Waals surface area contributed by atoms with Crippen molar-refractivity contribution >= 4 is 0 Å². The van der Waals surface area contributed by atoms with E-state index in [0.29, 0.717) is 13.0 Å². The first-order chi connectivity index (χ1) is 7.10. The lowest BCUT2D eigenvalue weighted by atomic mass is 10.2. The van der Waals surface area contributed by atoms with Gasteiger partial charge in [0.2, 0.25) is 0 Å². The van der Waals surface area contributed by atoms with E-state index in [9.17, 15) is 8.78 Å². The fourth-order valence-electron chi connectivity index (χ4n) is 1.21. The Hall–Kier alpha value is -0.730. The summed E-state index contributed by atoms with van der Waals surface area (Å²) in [5.41, 5.74) is 0. The van der Waals surface area contributed by atoms with Crippen molar-refractivity contribution in [2.24, 2.45) is 0 Å². The molecule has 0 aliphatic carbocycles. The maximum absolute atomic E-state index is 12.0. The van der Waals surface area contributed by atoms with Crippen LogP contribution in [-0.2, 0) is 0 Å². The van der Waals surface area contributed by atoms with Gasteiger partial charge in [0.05, 0.1) is 18.7 Å². The van der Waals surface area contributed by atoms with Crippen LogP contribution in [0.5, 0.6) is 0 Å². The molecule has 0 radical (unpaired) electrons. The van der Waals surface area contributed by atoms with Gasteiger partial charge in [-0.15, -0.1) is 0 Å². The zero-order chi connectivity index (χ0) is 11.7. The molecule has 0 aliphatic heterocycles. The summed E-state index contributed by atoms with van der Waals surface area (Å²) in [6.45, 7) is 3.09. The standard InChI is InChI=1S/C10H19F2N3/c1-3-5-14-9(7-13)4-6-15(2)8-10(11)12/h9-10,14H,3-6,8H2,1-2H3. The molecule has 0 fully saturated rings. The van der Waals surface area contributed by atoms with E-state index in [-0.39, 0.29) is 12.6 Å². The molecule has 5 heteroatoms. The van der Waals surface area contributed by atoms with Crippen LogP contribution in [0.4, 0.5) is 8.78 Å². The van der Waals surface area contributed by atoms with Crippen molar-refractivity contribution < 1.29 is 8.78 Å². The first-order valence-corrected chi connectivity index (χ1v) is 5.19. The number of hydrogen-bond acceptors (Lipinski definition) is 3. The number of halogens is 2. The van der Waals surface area contributed by atoms with Crippen LogP contribution >= 0.6 is 0 Å². The summed E-state index contributed by atoms with van der Waals surface area (Å²) in [5.74, 6) is 0. The summed E-state index contributed by atoms with van der Waals surface area (Å²) in [4.78, 5) is 1.54. The number of alkyl halides is 2. The van der Waals surface area contributed by atoms with E-state index in [2.05, 4.69) is 11.4 Å². The van der Waals surface area contributed by atoms with Gasteiger partial charge in [-0.2, -0.15) is 5.26 Å². The topological polar surface area (TPSA) is 39.1 Å². The second kappa shape index (κ2) is 8.57. The molecule has 0 saturated carbocycles. The summed E-state index contributed by atoms with van der Waals surface area (Å²) >= 11 is 0. The van der Waals surface area contributed by atoms with Crippen LogP contribution in [0.25, 0.3) is 0 Å². The first-order valence-electron chi connectivity index (χ1n) is 5.19. The molecule has 0 aliphatic rings. The largest absolute Gasteiger partial charge is 0.302 e. The molecule has 1 N–H and O–H groups in total. The Kier molecular flexibility index (Phi) is 8.15. The van der Waals surface area contributed by atoms with Crippen LogP contribution in [0.3, 0.4) is 0 Å². The van der Waals surface area contributed by atoms with Crippen LogP contribution in [0, 0.1) is 11.3 Å². The fraction of sp³-hybridized carbons (Fsp3) is 0.900. The number of nitrogens with zero attached hydrogens (tertiary/aromatic N) is 2. The second-order valence-corrected chi connectivity index (χ2v) is 3.58. The van der Waals surface area contributed by atoms with Crippen molar-refractivity contribution in [2.45, 2.75) is 32.2 Å². The zero-order valence-electron chi connectivity index (χ0n) is 9.34. The van der Waals surface area contributed by atoms with E-state index in [4.69, 9.17) is 5.26 Å². The number of nitrogens with one attached hydrogen (secondary N) is 1. The lowest BCUT2D eigenvalue weighted by molar-refractivity contribution is 0.0992. The molecule has 0 aromatic heterocycles. The Morgan fingerprint density at radius 3 is 2.60 bits per heavy atom. The van der Waals surface area contributed by atoms with Gasteiger partial charge in [-0.25, -0.2) is 8.78 Å². The molecular formula is C10H19F2N3. The van der Waals surface area contributed by atoms with Crippen molar-refractivity contribution in [1.82, 2.24) is 10.2 Å². The minimum absolute atomic E-state index is 0.230. The SMILES string of the molecule is CCCNC(C#N)CCN(C)CC(F)F. The maximum atomic E-state index is 12.0. The van der Waals surface area contributed by atoms with Gasteiger partial charge in [-0.3, -0.25) is 0 Å². The molecule has 0 heterocycles. The summed E-state index contributed by atoms with van der Waals surface area (Å²) in [6.07, 6.45) is -0.760. The van der Waals surface area contributed by atoms with Gasteiger partial charge in [-0.1, -0.05) is 6.92 Å². The van der Waals surface area contributed by atoms with Crippen molar-refractivity contribution in [3.8, 4) is 6.07 Å². The van der Waals surface area contributed by atoms with Gasteiger partial charge in [0.25, 0.3) is 6.43 Å². The molecule has 0 aromatic rings. The van der Waals surface area contributed by atoms with Crippen LogP contribution in [0.1, 0.15) is 19.8 Å². The van der Waals surface area contributed by atoms with E-state index < -0.39 is 6.43 Å². The van der Waals surface area contributed by atoms with Gasteiger partial charge in [0.1, 0.15) is 0 Å². The normalized spacial score (nSPS) is 13.1. The van der Waals surface area contributed by atoms with E-state index in [1.807, 2.05) is 6.92 Å². The van der Waals surface area contributed by atoms with Crippen molar-refractivity contribution in [3.05, 3.63) is 0 Å². The number of nitriles is 1. The third kappa shape index (κ3) is 8.28. The highest BCUT2D eigenvalue weighted by molar-refractivity contribution is 4.89. The summed E-state index contributed by atoms with van der Waals surface area (Å²) < 4.78 is 23.9. The molecule has 3 nitrogen and oxygen atoms in total. The summed E-state index contributed by atoms with van der Waals surface area (Å²) in [5, 5.41) is 11.8. The van der Waals surface area contributed by atoms with Crippen LogP contribution in [0.15, 0.2) is 0 Å². The quantitative estimate of drug-likeness (QED) is 0.672. The maximum Gasteiger partial charge on any atom is 0.251 e. The fourth-order valence-corrected chi connectivity index (χ4v) is 1.21. The van der Waals surface area contributed by atoms with Crippen molar-refractivity contribution in [3.63, 3.8) is 0 Å². The molecular weight excluding hydrogens is 200 g/mol. The summed E-state index contributed by atoms with van der Waals surface area (Å²) in [7, 11) is 1.64. The molecule has 0 spiro atoms. The smallest absolute Gasteiger partial charge is 0.251 e. The molecule has 0 aromatic carbocycles. The molecule has 1 atom stereocenters. The van der Waals surface area contributed by atoms with Gasteiger partial charge in [0, 0.05) is 6.54 Å². The molecule has 0 amide bonds. The van der Waals surface area contributed by atoms with E-state index in [1.54, 1.807) is 11.9 Å². The van der Waals surface area contributed by atoms with Crippen molar-refractivity contribution in [1.29, 1.82) is 5.26 Å². The molecule has 0 rings (SSSR count). The van der Waals surface area contributed by atoms with Gasteiger partial charge in [-0.05, 0) is 26.4 Å². The predicted molar refractivity (Wildman–Crippen MR) is 55.8 cm³/mol. The Balaban J connectivity index is 3.66. The lowest BCUT2D eigenvalue weighted by Gasteiger charge is -2.18. The zero-order valence-corrected chi connectivity index (χ0v) is 9.34. The van der Waals surface area contributed by atoms with E-state index >= 15 is 0 Å². The average Bonchev–Trinajstić information content (AvgIpc) is 2.17. The van der Waals surface area contributed by atoms with Crippen LogP contribution < -0.4 is 5.32 Å². The minimum Gasteiger partial charge on any atom is -0.302 e. The van der Waals surface area contributed by atoms with Crippen molar-refractivity contribution in [2.75, 3.05) is 26.7 Å².